The van der Waals surface area contributed by atoms with Crippen molar-refractivity contribution < 1.29 is 22.4 Å². The molecular weight excluding hydrogens is 408 g/mol. The summed E-state index contributed by atoms with van der Waals surface area (Å²) in [7, 11) is 0. The van der Waals surface area contributed by atoms with E-state index in [4.69, 9.17) is 17.3 Å². The van der Waals surface area contributed by atoms with Crippen molar-refractivity contribution in [3.05, 3.63) is 58.5 Å². The van der Waals surface area contributed by atoms with Crippen LogP contribution in [0.5, 0.6) is 0 Å². The van der Waals surface area contributed by atoms with Crippen LogP contribution in [0.1, 0.15) is 15.9 Å². The number of nitrogen functional groups attached to an aromatic ring is 1. The zero-order valence-electron chi connectivity index (χ0n) is 13.1. The van der Waals surface area contributed by atoms with Crippen LogP contribution in [0.4, 0.5) is 27.7 Å². The van der Waals surface area contributed by atoms with E-state index in [1.807, 2.05) is 0 Å². The summed E-state index contributed by atoms with van der Waals surface area (Å²) in [6, 6.07) is 5.83. The molecule has 0 atom stereocenters. The maximum Gasteiger partial charge on any atom is 0.416 e. The van der Waals surface area contributed by atoms with Gasteiger partial charge < -0.3 is 5.73 Å². The summed E-state index contributed by atoms with van der Waals surface area (Å²) >= 11 is 6.35. The van der Waals surface area contributed by atoms with Crippen molar-refractivity contribution in [1.82, 2.24) is 9.97 Å². The molecule has 3 rings (SSSR count). The number of amides is 1. The Balaban J connectivity index is 1.92. The van der Waals surface area contributed by atoms with E-state index in [9.17, 15) is 22.4 Å². The molecule has 0 aliphatic carbocycles. The van der Waals surface area contributed by atoms with Crippen LogP contribution in [-0.4, -0.2) is 15.9 Å². The Bertz CT molecular complexity index is 1010. The van der Waals surface area contributed by atoms with Gasteiger partial charge in [-0.1, -0.05) is 29.0 Å². The van der Waals surface area contributed by atoms with Gasteiger partial charge in [0.1, 0.15) is 10.7 Å². The summed E-state index contributed by atoms with van der Waals surface area (Å²) in [5, 5.41) is 1.62. The van der Waals surface area contributed by atoms with Gasteiger partial charge in [0.25, 0.3) is 5.91 Å². The Morgan fingerprint density at radius 3 is 2.63 bits per heavy atom. The number of halogens is 5. The van der Waals surface area contributed by atoms with E-state index in [1.165, 1.54) is 6.20 Å². The number of hydrogen-bond donors (Lipinski definition) is 2. The highest BCUT2D eigenvalue weighted by atomic mass is 35.5. The Hall–Kier alpha value is -2.72. The molecule has 0 radical (unpaired) electrons. The third-order valence-corrected chi connectivity index (χ3v) is 4.46. The first-order valence-corrected chi connectivity index (χ1v) is 8.41. The molecule has 0 aliphatic rings. The van der Waals surface area contributed by atoms with Crippen molar-refractivity contribution in [3.8, 4) is 11.4 Å². The lowest BCUT2D eigenvalue weighted by atomic mass is 10.1. The number of alkyl halides is 3. The molecule has 0 aliphatic heterocycles. The molecule has 5 nitrogen and oxygen atoms in total. The first kappa shape index (κ1) is 19.1. The average molecular weight is 417 g/mol. The summed E-state index contributed by atoms with van der Waals surface area (Å²) in [6.45, 7) is 0. The molecule has 3 N–H and O–H groups in total. The molecular formula is C16H9ClF4N4OS. The van der Waals surface area contributed by atoms with Crippen molar-refractivity contribution in [1.29, 1.82) is 0 Å². The van der Waals surface area contributed by atoms with E-state index in [-0.39, 0.29) is 10.1 Å². The van der Waals surface area contributed by atoms with Crippen LogP contribution in [0.2, 0.25) is 5.02 Å². The van der Waals surface area contributed by atoms with Crippen molar-refractivity contribution in [2.24, 2.45) is 0 Å². The van der Waals surface area contributed by atoms with Gasteiger partial charge in [-0.05, 0) is 24.3 Å². The zero-order chi connectivity index (χ0) is 19.8. The lowest BCUT2D eigenvalue weighted by molar-refractivity contribution is -0.137. The number of nitrogens with zero attached hydrogens (tertiary/aromatic N) is 2. The number of nitrogens with two attached hydrogens (primary N) is 1. The van der Waals surface area contributed by atoms with Crippen LogP contribution in [-0.2, 0) is 6.18 Å². The highest BCUT2D eigenvalue weighted by Crippen LogP contribution is 2.35. The smallest absolute Gasteiger partial charge is 0.389 e. The number of anilines is 2. The molecule has 27 heavy (non-hydrogen) atoms. The van der Waals surface area contributed by atoms with Gasteiger partial charge in [-0.25, -0.2) is 9.37 Å². The van der Waals surface area contributed by atoms with Gasteiger partial charge in [0.05, 0.1) is 21.8 Å². The first-order valence-electron chi connectivity index (χ1n) is 7.22. The lowest BCUT2D eigenvalue weighted by Crippen LogP contribution is -2.16. The quantitative estimate of drug-likeness (QED) is 0.598. The van der Waals surface area contributed by atoms with Gasteiger partial charge in [0, 0.05) is 6.20 Å². The molecule has 140 valence electrons. The Kier molecular flexibility index (Phi) is 5.03. The van der Waals surface area contributed by atoms with Gasteiger partial charge in [-0.15, -0.1) is 0 Å². The standard InChI is InChI=1S/C16H9ClF4N4OS/c17-9-6-7(16(19,20)21)5-8(11(9)18)14(26)25-15-24-12(13(22)27-15)10-3-1-2-4-23-10/h1-6H,22H2,(H,24,25,26). The molecule has 2 aromatic heterocycles. The topological polar surface area (TPSA) is 80.9 Å². The van der Waals surface area contributed by atoms with Crippen molar-refractivity contribution >= 4 is 39.0 Å². The molecule has 0 spiro atoms. The van der Waals surface area contributed by atoms with E-state index in [0.29, 0.717) is 23.5 Å². The Morgan fingerprint density at radius 2 is 2.00 bits per heavy atom. The van der Waals surface area contributed by atoms with E-state index < -0.39 is 34.1 Å². The number of carbonyl (C=O) groups excluding carboxylic acids is 1. The SMILES string of the molecule is Nc1sc(NC(=O)c2cc(C(F)(F)F)cc(Cl)c2F)nc1-c1ccccn1. The number of benzene rings is 1. The van der Waals surface area contributed by atoms with Gasteiger partial charge in [0.15, 0.2) is 10.9 Å². The van der Waals surface area contributed by atoms with E-state index in [2.05, 4.69) is 15.3 Å². The summed E-state index contributed by atoms with van der Waals surface area (Å²) in [5.74, 6) is -2.40. The molecule has 0 saturated carbocycles. The Labute approximate surface area is 158 Å². The highest BCUT2D eigenvalue weighted by Gasteiger charge is 2.33. The molecule has 2 heterocycles. The summed E-state index contributed by atoms with van der Waals surface area (Å²) in [5.41, 5.74) is 4.48. The van der Waals surface area contributed by atoms with E-state index >= 15 is 0 Å². The second-order valence-corrected chi connectivity index (χ2v) is 6.66. The van der Waals surface area contributed by atoms with Crippen LogP contribution >= 0.6 is 22.9 Å². The monoisotopic (exact) mass is 416 g/mol. The molecule has 3 aromatic rings. The molecule has 0 unspecified atom stereocenters. The van der Waals surface area contributed by atoms with Crippen molar-refractivity contribution in [2.45, 2.75) is 6.18 Å². The van der Waals surface area contributed by atoms with Crippen LogP contribution < -0.4 is 11.1 Å². The fourth-order valence-electron chi connectivity index (χ4n) is 2.15. The van der Waals surface area contributed by atoms with Crippen LogP contribution in [0.15, 0.2) is 36.5 Å². The maximum atomic E-state index is 14.1. The summed E-state index contributed by atoms with van der Waals surface area (Å²) < 4.78 is 52.7. The minimum atomic E-state index is -4.79. The third-order valence-electron chi connectivity index (χ3n) is 3.38. The first-order chi connectivity index (χ1) is 12.7. The Morgan fingerprint density at radius 1 is 1.26 bits per heavy atom. The van der Waals surface area contributed by atoms with Crippen LogP contribution in [0, 0.1) is 5.82 Å². The average Bonchev–Trinajstić information content (AvgIpc) is 2.97. The highest BCUT2D eigenvalue weighted by molar-refractivity contribution is 7.20. The maximum absolute atomic E-state index is 14.1. The predicted octanol–water partition coefficient (Wildman–Crippen LogP) is 4.85. The molecule has 0 bridgehead atoms. The molecule has 1 amide bonds. The van der Waals surface area contributed by atoms with Crippen LogP contribution in [0.3, 0.4) is 0 Å². The lowest BCUT2D eigenvalue weighted by Gasteiger charge is -2.10. The molecule has 0 saturated heterocycles. The van der Waals surface area contributed by atoms with E-state index in [0.717, 1.165) is 11.3 Å². The van der Waals surface area contributed by atoms with Gasteiger partial charge in [-0.2, -0.15) is 13.2 Å². The minimum Gasteiger partial charge on any atom is -0.389 e. The summed E-state index contributed by atoms with van der Waals surface area (Å²) in [4.78, 5) is 20.4. The predicted molar refractivity (Wildman–Crippen MR) is 94.1 cm³/mol. The van der Waals surface area contributed by atoms with Gasteiger partial charge in [-0.3, -0.25) is 15.1 Å². The fourth-order valence-corrected chi connectivity index (χ4v) is 3.11. The number of pyridine rings is 1. The van der Waals surface area contributed by atoms with E-state index in [1.54, 1.807) is 18.2 Å². The van der Waals surface area contributed by atoms with Crippen molar-refractivity contribution in [3.63, 3.8) is 0 Å². The van der Waals surface area contributed by atoms with Crippen LogP contribution in [0.25, 0.3) is 11.4 Å². The fraction of sp³-hybridized carbons (Fsp3) is 0.0625. The second-order valence-electron chi connectivity index (χ2n) is 5.22. The normalized spacial score (nSPS) is 11.4. The zero-order valence-corrected chi connectivity index (χ0v) is 14.7. The molecule has 0 fully saturated rings. The molecule has 11 heteroatoms. The number of thiazole rings is 1. The van der Waals surface area contributed by atoms with Gasteiger partial charge >= 0.3 is 6.18 Å². The number of rotatable bonds is 3. The van der Waals surface area contributed by atoms with Crippen molar-refractivity contribution in [2.75, 3.05) is 11.1 Å². The molecule has 1 aromatic carbocycles. The number of nitrogens with one attached hydrogen (secondary N) is 1. The largest absolute Gasteiger partial charge is 0.416 e. The minimum absolute atomic E-state index is 0.0221. The third kappa shape index (κ3) is 4.01. The number of hydrogen-bond acceptors (Lipinski definition) is 5. The summed E-state index contributed by atoms with van der Waals surface area (Å²) in [6.07, 6.45) is -3.27. The number of carbonyl (C=O) groups is 1. The van der Waals surface area contributed by atoms with Gasteiger partial charge in [0.2, 0.25) is 0 Å². The second kappa shape index (κ2) is 7.12. The number of aromatic nitrogens is 2.